The normalized spacial score (nSPS) is 10.3. The molecule has 1 aromatic carbocycles. The third kappa shape index (κ3) is 2.43. The minimum Gasteiger partial charge on any atom is -0.465 e. The van der Waals surface area contributed by atoms with Gasteiger partial charge in [0.2, 0.25) is 5.16 Å². The van der Waals surface area contributed by atoms with Crippen molar-refractivity contribution >= 4 is 23.4 Å². The SMILES string of the molecule is COC(=O)c1ccc(N)c(Sc2nnnn2C)c1. The average Bonchev–Trinajstić information content (AvgIpc) is 2.77. The van der Waals surface area contributed by atoms with E-state index in [0.717, 1.165) is 0 Å². The number of benzene rings is 1. The number of carbonyl (C=O) groups is 1. The molecule has 2 aromatic rings. The van der Waals surface area contributed by atoms with Crippen LogP contribution in [0.5, 0.6) is 0 Å². The average molecular weight is 265 g/mol. The highest BCUT2D eigenvalue weighted by Crippen LogP contribution is 2.30. The van der Waals surface area contributed by atoms with Gasteiger partial charge in [-0.2, -0.15) is 0 Å². The third-order valence-corrected chi connectivity index (χ3v) is 3.32. The number of rotatable bonds is 3. The maximum absolute atomic E-state index is 11.4. The summed E-state index contributed by atoms with van der Waals surface area (Å²) >= 11 is 1.28. The predicted octanol–water partition coefficient (Wildman–Crippen LogP) is 0.730. The molecular weight excluding hydrogens is 254 g/mol. The van der Waals surface area contributed by atoms with Crippen LogP contribution in [0.4, 0.5) is 5.69 Å². The van der Waals surface area contributed by atoms with Crippen molar-refractivity contribution in [1.29, 1.82) is 0 Å². The summed E-state index contributed by atoms with van der Waals surface area (Å²) in [5.74, 6) is -0.409. The van der Waals surface area contributed by atoms with Crippen LogP contribution < -0.4 is 5.73 Å². The van der Waals surface area contributed by atoms with Gasteiger partial charge in [0.1, 0.15) is 0 Å². The first-order chi connectivity index (χ1) is 8.61. The number of carbonyl (C=O) groups excluding carboxylic acids is 1. The minimum absolute atomic E-state index is 0.409. The number of nitrogens with zero attached hydrogens (tertiary/aromatic N) is 4. The van der Waals surface area contributed by atoms with Gasteiger partial charge in [0.25, 0.3) is 0 Å². The molecule has 0 saturated carbocycles. The highest BCUT2D eigenvalue weighted by Gasteiger charge is 2.12. The Morgan fingerprint density at radius 2 is 2.28 bits per heavy atom. The van der Waals surface area contributed by atoms with Crippen LogP contribution in [-0.4, -0.2) is 33.3 Å². The number of esters is 1. The zero-order valence-electron chi connectivity index (χ0n) is 9.82. The van der Waals surface area contributed by atoms with Crippen LogP contribution >= 0.6 is 11.8 Å². The molecule has 0 aliphatic rings. The molecule has 2 N–H and O–H groups in total. The molecule has 1 heterocycles. The first-order valence-electron chi connectivity index (χ1n) is 5.00. The summed E-state index contributed by atoms with van der Waals surface area (Å²) in [6, 6.07) is 4.92. The van der Waals surface area contributed by atoms with Gasteiger partial charge in [-0.25, -0.2) is 9.48 Å². The molecule has 8 heteroatoms. The number of tetrazole rings is 1. The first kappa shape index (κ1) is 12.4. The van der Waals surface area contributed by atoms with E-state index in [1.807, 2.05) is 0 Å². The molecule has 7 nitrogen and oxygen atoms in total. The lowest BCUT2D eigenvalue weighted by Gasteiger charge is -2.06. The van der Waals surface area contributed by atoms with E-state index in [1.165, 1.54) is 23.6 Å². The van der Waals surface area contributed by atoms with Crippen molar-refractivity contribution < 1.29 is 9.53 Å². The van der Waals surface area contributed by atoms with Gasteiger partial charge in [0, 0.05) is 17.6 Å². The molecule has 94 valence electrons. The van der Waals surface area contributed by atoms with Crippen molar-refractivity contribution in [2.75, 3.05) is 12.8 Å². The molecule has 0 unspecified atom stereocenters. The third-order valence-electron chi connectivity index (χ3n) is 2.22. The number of nitrogen functional groups attached to an aromatic ring is 1. The molecule has 2 rings (SSSR count). The molecular formula is C10H11N5O2S. The van der Waals surface area contributed by atoms with Crippen LogP contribution in [0.1, 0.15) is 10.4 Å². The van der Waals surface area contributed by atoms with Crippen molar-refractivity contribution in [1.82, 2.24) is 20.2 Å². The highest BCUT2D eigenvalue weighted by molar-refractivity contribution is 7.99. The minimum atomic E-state index is -0.409. The fourth-order valence-corrected chi connectivity index (χ4v) is 2.09. The summed E-state index contributed by atoms with van der Waals surface area (Å²) in [6.07, 6.45) is 0. The van der Waals surface area contributed by atoms with Crippen LogP contribution in [0.25, 0.3) is 0 Å². The van der Waals surface area contributed by atoms with Crippen LogP contribution in [0.3, 0.4) is 0 Å². The molecule has 0 amide bonds. The van der Waals surface area contributed by atoms with Crippen molar-refractivity contribution in [3.63, 3.8) is 0 Å². The second kappa shape index (κ2) is 5.05. The molecule has 0 aliphatic carbocycles. The van der Waals surface area contributed by atoms with Gasteiger partial charge in [-0.1, -0.05) is 0 Å². The second-order valence-electron chi connectivity index (χ2n) is 3.43. The van der Waals surface area contributed by atoms with Gasteiger partial charge in [0.05, 0.1) is 12.7 Å². The van der Waals surface area contributed by atoms with Crippen LogP contribution in [0.2, 0.25) is 0 Å². The van der Waals surface area contributed by atoms with Crippen LogP contribution in [0.15, 0.2) is 28.3 Å². The van der Waals surface area contributed by atoms with Crippen LogP contribution in [-0.2, 0) is 11.8 Å². The number of hydrogen-bond donors (Lipinski definition) is 1. The maximum Gasteiger partial charge on any atom is 0.337 e. The van der Waals surface area contributed by atoms with E-state index in [0.29, 0.717) is 21.3 Å². The van der Waals surface area contributed by atoms with E-state index in [9.17, 15) is 4.79 Å². The first-order valence-corrected chi connectivity index (χ1v) is 5.81. The summed E-state index contributed by atoms with van der Waals surface area (Å²) < 4.78 is 6.18. The standard InChI is InChI=1S/C10H11N5O2S/c1-15-10(12-13-14-15)18-8-5-6(9(16)17-2)3-4-7(8)11/h3-5H,11H2,1-2H3. The summed E-state index contributed by atoms with van der Waals surface area (Å²) in [4.78, 5) is 12.1. The number of methoxy groups -OCH3 is 1. The smallest absolute Gasteiger partial charge is 0.337 e. The van der Waals surface area contributed by atoms with E-state index in [2.05, 4.69) is 20.3 Å². The summed E-state index contributed by atoms with van der Waals surface area (Å²) in [7, 11) is 3.06. The van der Waals surface area contributed by atoms with Gasteiger partial charge < -0.3 is 10.5 Å². The topological polar surface area (TPSA) is 95.9 Å². The zero-order chi connectivity index (χ0) is 13.1. The fourth-order valence-electron chi connectivity index (χ4n) is 1.27. The van der Waals surface area contributed by atoms with Gasteiger partial charge >= 0.3 is 5.97 Å². The molecule has 0 atom stereocenters. The summed E-state index contributed by atoms with van der Waals surface area (Å²) in [5.41, 5.74) is 6.83. The largest absolute Gasteiger partial charge is 0.465 e. The van der Waals surface area contributed by atoms with Gasteiger partial charge in [-0.15, -0.1) is 5.10 Å². The van der Waals surface area contributed by atoms with Crippen molar-refractivity contribution in [3.05, 3.63) is 23.8 Å². The second-order valence-corrected chi connectivity index (χ2v) is 4.44. The lowest BCUT2D eigenvalue weighted by Crippen LogP contribution is -2.02. The Kier molecular flexibility index (Phi) is 3.47. The highest BCUT2D eigenvalue weighted by atomic mass is 32.2. The molecule has 0 radical (unpaired) electrons. The molecule has 0 bridgehead atoms. The Balaban J connectivity index is 2.32. The van der Waals surface area contributed by atoms with Gasteiger partial charge in [0.15, 0.2) is 0 Å². The van der Waals surface area contributed by atoms with E-state index in [-0.39, 0.29) is 0 Å². The number of anilines is 1. The Morgan fingerprint density at radius 3 is 2.89 bits per heavy atom. The lowest BCUT2D eigenvalue weighted by molar-refractivity contribution is 0.0600. The Hall–Kier alpha value is -2.09. The van der Waals surface area contributed by atoms with E-state index in [4.69, 9.17) is 5.73 Å². The number of nitrogens with two attached hydrogens (primary N) is 1. The molecule has 0 saturated heterocycles. The van der Waals surface area contributed by atoms with Crippen LogP contribution in [0, 0.1) is 0 Å². The summed E-state index contributed by atoms with van der Waals surface area (Å²) in [5, 5.41) is 11.7. The van der Waals surface area contributed by atoms with Crippen molar-refractivity contribution in [2.24, 2.45) is 7.05 Å². The van der Waals surface area contributed by atoms with E-state index in [1.54, 1.807) is 25.2 Å². The number of aromatic nitrogens is 4. The van der Waals surface area contributed by atoms with Crippen molar-refractivity contribution in [3.8, 4) is 0 Å². The molecule has 1 aromatic heterocycles. The summed E-state index contributed by atoms with van der Waals surface area (Å²) in [6.45, 7) is 0. The molecule has 18 heavy (non-hydrogen) atoms. The maximum atomic E-state index is 11.4. The van der Waals surface area contributed by atoms with Gasteiger partial charge in [-0.05, 0) is 40.4 Å². The zero-order valence-corrected chi connectivity index (χ0v) is 10.6. The monoisotopic (exact) mass is 265 g/mol. The quantitative estimate of drug-likeness (QED) is 0.645. The van der Waals surface area contributed by atoms with Gasteiger partial charge in [-0.3, -0.25) is 0 Å². The predicted molar refractivity (Wildman–Crippen MR) is 65.1 cm³/mol. The van der Waals surface area contributed by atoms with Crippen molar-refractivity contribution in [2.45, 2.75) is 10.1 Å². The number of ether oxygens (including phenoxy) is 1. The molecule has 0 fully saturated rings. The fraction of sp³-hybridized carbons (Fsp3) is 0.200. The lowest BCUT2D eigenvalue weighted by atomic mass is 10.2. The Bertz CT molecular complexity index is 583. The Morgan fingerprint density at radius 1 is 1.50 bits per heavy atom. The Labute approximate surface area is 107 Å². The number of hydrogen-bond acceptors (Lipinski definition) is 7. The molecule has 0 aliphatic heterocycles. The van der Waals surface area contributed by atoms with E-state index < -0.39 is 5.97 Å². The molecule has 0 spiro atoms. The number of aryl methyl sites for hydroxylation is 1. The van der Waals surface area contributed by atoms with E-state index >= 15 is 0 Å².